The molecule has 0 aliphatic heterocycles. The van der Waals surface area contributed by atoms with Gasteiger partial charge in [0.1, 0.15) is 0 Å². The second-order valence-corrected chi connectivity index (χ2v) is 5.82. The third-order valence-corrected chi connectivity index (χ3v) is 4.54. The van der Waals surface area contributed by atoms with E-state index in [9.17, 15) is 0 Å². The Balaban J connectivity index is 1.84. The molecule has 0 aliphatic carbocycles. The van der Waals surface area contributed by atoms with Gasteiger partial charge in [-0.3, -0.25) is 3.11 Å². The molecular weight excluding hydrogens is 383 g/mol. The largest absolute Gasteiger partial charge is 0.283 e. The maximum atomic E-state index is 8.86. The van der Waals surface area contributed by atoms with Gasteiger partial charge in [0.15, 0.2) is 0 Å². The minimum absolute atomic E-state index is 0.674. The molecule has 0 saturated heterocycles. The van der Waals surface area contributed by atoms with Crippen LogP contribution in [0.2, 0.25) is 0 Å². The molecule has 0 aliphatic rings. The summed E-state index contributed by atoms with van der Waals surface area (Å²) in [5, 5.41) is 8.86. The Morgan fingerprint density at radius 3 is 1.73 bits per heavy atom. The molecule has 0 unspecified atom stereocenters. The molecule has 0 heterocycles. The third-order valence-electron chi connectivity index (χ3n) is 3.42. The van der Waals surface area contributed by atoms with Gasteiger partial charge in [0, 0.05) is 0 Å². The molecule has 0 atom stereocenters. The Kier molecular flexibility index (Phi) is 4.40. The molecule has 3 aromatic rings. The van der Waals surface area contributed by atoms with Crippen molar-refractivity contribution >= 4 is 34.2 Å². The molecule has 0 N–H and O–H groups in total. The predicted molar refractivity (Wildman–Crippen MR) is 99.2 cm³/mol. The average molecular weight is 396 g/mol. The van der Waals surface area contributed by atoms with E-state index in [2.05, 4.69) is 68.4 Å². The molecule has 0 spiro atoms. The van der Waals surface area contributed by atoms with Crippen LogP contribution in [0.4, 0.5) is 11.4 Å². The van der Waals surface area contributed by atoms with Crippen LogP contribution in [0, 0.1) is 11.3 Å². The summed E-state index contributed by atoms with van der Waals surface area (Å²) in [6, 6.07) is 28.5. The minimum Gasteiger partial charge on any atom is -0.283 e. The molecule has 0 radical (unpaired) electrons. The number of halogens is 1. The van der Waals surface area contributed by atoms with Gasteiger partial charge in [-0.2, -0.15) is 5.26 Å². The summed E-state index contributed by atoms with van der Waals surface area (Å²) in [7, 11) is 0. The summed E-state index contributed by atoms with van der Waals surface area (Å²) in [5.41, 5.74) is 5.24. The quantitative estimate of drug-likeness (QED) is 0.419. The van der Waals surface area contributed by atoms with Crippen LogP contribution in [0.1, 0.15) is 5.56 Å². The molecule has 0 bridgehead atoms. The Bertz CT molecular complexity index is 788. The first-order valence-corrected chi connectivity index (χ1v) is 7.86. The van der Waals surface area contributed by atoms with Crippen LogP contribution in [0.3, 0.4) is 0 Å². The van der Waals surface area contributed by atoms with Gasteiger partial charge in [-0.1, -0.05) is 42.5 Å². The lowest BCUT2D eigenvalue weighted by atomic mass is 10.1. The third kappa shape index (κ3) is 3.12. The second-order valence-electron chi connectivity index (χ2n) is 4.85. The van der Waals surface area contributed by atoms with Crippen molar-refractivity contribution < 1.29 is 0 Å². The summed E-state index contributed by atoms with van der Waals surface area (Å²) in [4.78, 5) is 0. The summed E-state index contributed by atoms with van der Waals surface area (Å²) < 4.78 is 2.08. The zero-order valence-electron chi connectivity index (χ0n) is 11.8. The normalized spacial score (nSPS) is 10.0. The van der Waals surface area contributed by atoms with Gasteiger partial charge < -0.3 is 0 Å². The van der Waals surface area contributed by atoms with Gasteiger partial charge in [0.05, 0.1) is 45.9 Å². The molecule has 22 heavy (non-hydrogen) atoms. The van der Waals surface area contributed by atoms with Crippen molar-refractivity contribution in [1.82, 2.24) is 0 Å². The standard InChI is InChI=1S/C19H13IN2/c20-22(18-10-6-15(14-21)7-11-18)19-12-8-17(9-13-19)16-4-2-1-3-5-16/h1-13H. The van der Waals surface area contributed by atoms with Crippen LogP contribution < -0.4 is 3.11 Å². The highest BCUT2D eigenvalue weighted by Gasteiger charge is 2.06. The van der Waals surface area contributed by atoms with Gasteiger partial charge in [-0.25, -0.2) is 0 Å². The van der Waals surface area contributed by atoms with Crippen LogP contribution in [-0.2, 0) is 0 Å². The van der Waals surface area contributed by atoms with E-state index in [0.717, 1.165) is 11.4 Å². The molecule has 0 aromatic heterocycles. The number of hydrogen-bond acceptors (Lipinski definition) is 2. The van der Waals surface area contributed by atoms with Crippen molar-refractivity contribution in [2.45, 2.75) is 0 Å². The summed E-state index contributed by atoms with van der Waals surface area (Å²) in [6.07, 6.45) is 0. The Morgan fingerprint density at radius 1 is 0.682 bits per heavy atom. The second kappa shape index (κ2) is 6.63. The number of rotatable bonds is 3. The fourth-order valence-corrected chi connectivity index (χ4v) is 2.87. The van der Waals surface area contributed by atoms with E-state index in [0.29, 0.717) is 5.56 Å². The maximum absolute atomic E-state index is 8.86. The lowest BCUT2D eigenvalue weighted by Crippen LogP contribution is -2.00. The molecule has 0 amide bonds. The molecule has 106 valence electrons. The molecule has 3 heteroatoms. The fourth-order valence-electron chi connectivity index (χ4n) is 2.23. The Hall–Kier alpha value is -2.32. The van der Waals surface area contributed by atoms with Crippen molar-refractivity contribution in [3.8, 4) is 17.2 Å². The van der Waals surface area contributed by atoms with E-state index in [-0.39, 0.29) is 0 Å². The van der Waals surface area contributed by atoms with Crippen LogP contribution >= 0.6 is 22.9 Å². The van der Waals surface area contributed by atoms with E-state index in [1.54, 1.807) is 0 Å². The molecule has 2 nitrogen and oxygen atoms in total. The number of benzene rings is 3. The van der Waals surface area contributed by atoms with Gasteiger partial charge in [0.2, 0.25) is 0 Å². The smallest absolute Gasteiger partial charge is 0.0991 e. The van der Waals surface area contributed by atoms with Gasteiger partial charge >= 0.3 is 0 Å². The van der Waals surface area contributed by atoms with Crippen LogP contribution in [0.15, 0.2) is 78.9 Å². The number of nitrogens with zero attached hydrogens (tertiary/aromatic N) is 2. The van der Waals surface area contributed by atoms with E-state index in [1.165, 1.54) is 11.1 Å². The van der Waals surface area contributed by atoms with Crippen LogP contribution in [-0.4, -0.2) is 0 Å². The maximum Gasteiger partial charge on any atom is 0.0991 e. The van der Waals surface area contributed by atoms with Crippen LogP contribution in [0.25, 0.3) is 11.1 Å². The number of anilines is 2. The highest BCUT2D eigenvalue weighted by Crippen LogP contribution is 2.31. The minimum atomic E-state index is 0.674. The van der Waals surface area contributed by atoms with Gasteiger partial charge in [0.25, 0.3) is 0 Å². The Labute approximate surface area is 144 Å². The monoisotopic (exact) mass is 396 g/mol. The first-order valence-electron chi connectivity index (χ1n) is 6.89. The zero-order chi connectivity index (χ0) is 15.4. The van der Waals surface area contributed by atoms with Crippen molar-refractivity contribution in [2.24, 2.45) is 0 Å². The molecule has 3 rings (SSSR count). The van der Waals surface area contributed by atoms with E-state index in [4.69, 9.17) is 5.26 Å². The summed E-state index contributed by atoms with van der Waals surface area (Å²) in [6.45, 7) is 0. The van der Waals surface area contributed by atoms with Crippen LogP contribution in [0.5, 0.6) is 0 Å². The van der Waals surface area contributed by atoms with Crippen molar-refractivity contribution in [3.05, 3.63) is 84.4 Å². The molecule has 3 aromatic carbocycles. The molecular formula is C19H13IN2. The molecule has 0 fully saturated rings. The number of nitriles is 1. The highest BCUT2D eigenvalue weighted by atomic mass is 127. The predicted octanol–water partition coefficient (Wildman–Crippen LogP) is 5.71. The topological polar surface area (TPSA) is 27.0 Å². The Morgan fingerprint density at radius 2 is 1.18 bits per heavy atom. The van der Waals surface area contributed by atoms with E-state index >= 15 is 0 Å². The SMILES string of the molecule is N#Cc1ccc(N(I)c2ccc(-c3ccccc3)cc2)cc1. The summed E-state index contributed by atoms with van der Waals surface area (Å²) in [5.74, 6) is 0. The van der Waals surface area contributed by atoms with Gasteiger partial charge in [-0.15, -0.1) is 0 Å². The average Bonchev–Trinajstić information content (AvgIpc) is 2.62. The highest BCUT2D eigenvalue weighted by molar-refractivity contribution is 14.1. The summed E-state index contributed by atoms with van der Waals surface area (Å²) >= 11 is 2.27. The van der Waals surface area contributed by atoms with E-state index < -0.39 is 0 Å². The van der Waals surface area contributed by atoms with Crippen molar-refractivity contribution in [1.29, 1.82) is 5.26 Å². The molecule has 0 saturated carbocycles. The lowest BCUT2D eigenvalue weighted by Gasteiger charge is -2.17. The number of hydrogen-bond donors (Lipinski definition) is 0. The van der Waals surface area contributed by atoms with E-state index in [1.807, 2.05) is 42.5 Å². The fraction of sp³-hybridized carbons (Fsp3) is 0. The van der Waals surface area contributed by atoms with Gasteiger partial charge in [-0.05, 0) is 47.5 Å². The first-order chi connectivity index (χ1) is 10.8. The zero-order valence-corrected chi connectivity index (χ0v) is 13.9. The first kappa shape index (κ1) is 14.6. The van der Waals surface area contributed by atoms with Crippen molar-refractivity contribution in [2.75, 3.05) is 3.11 Å². The lowest BCUT2D eigenvalue weighted by molar-refractivity contribution is 1.44. The van der Waals surface area contributed by atoms with Crippen molar-refractivity contribution in [3.63, 3.8) is 0 Å².